The van der Waals surface area contributed by atoms with Crippen molar-refractivity contribution < 1.29 is 0 Å². The molecule has 0 aliphatic heterocycles. The summed E-state index contributed by atoms with van der Waals surface area (Å²) in [5.41, 5.74) is 0. The maximum atomic E-state index is 3.93. The number of unbranched alkanes of at least 4 members (excludes halogenated alkanes) is 31. The Balaban J connectivity index is 3.01. The quantitative estimate of drug-likeness (QED) is 0.0756. The Labute approximate surface area is 238 Å². The van der Waals surface area contributed by atoms with E-state index in [1.54, 1.807) is 0 Å². The molecule has 0 nitrogen and oxygen atoms in total. The van der Waals surface area contributed by atoms with Gasteiger partial charge in [-0.25, -0.2) is 0 Å². The van der Waals surface area contributed by atoms with Crippen LogP contribution in [-0.2, 0) is 0 Å². The summed E-state index contributed by atoms with van der Waals surface area (Å²) in [5.74, 6) is 0.896. The molecule has 1 radical (unpaired) electrons. The van der Waals surface area contributed by atoms with Crippen molar-refractivity contribution in [3.8, 4) is 0 Å². The van der Waals surface area contributed by atoms with Crippen molar-refractivity contribution in [2.75, 3.05) is 0 Å². The minimum atomic E-state index is 0.896. The molecule has 0 spiro atoms. The first-order valence-electron chi connectivity index (χ1n) is 18.1. The third-order valence-corrected chi connectivity index (χ3v) is 8.53. The summed E-state index contributed by atoms with van der Waals surface area (Å²) in [7, 11) is 0. The van der Waals surface area contributed by atoms with Crippen LogP contribution in [0.4, 0.5) is 0 Å². The van der Waals surface area contributed by atoms with Crippen molar-refractivity contribution in [1.29, 1.82) is 0 Å². The molecule has 0 heteroatoms. The highest BCUT2D eigenvalue weighted by Crippen LogP contribution is 2.17. The van der Waals surface area contributed by atoms with Gasteiger partial charge in [0.05, 0.1) is 0 Å². The minimum absolute atomic E-state index is 0.896. The first-order chi connectivity index (χ1) is 18.3. The Morgan fingerprint density at radius 3 is 0.595 bits per heavy atom. The lowest BCUT2D eigenvalue weighted by molar-refractivity contribution is 0.500. The molecule has 0 rings (SSSR count). The van der Waals surface area contributed by atoms with E-state index in [1.807, 2.05) is 0 Å². The highest BCUT2D eigenvalue weighted by molar-refractivity contribution is 4.53. The van der Waals surface area contributed by atoms with E-state index in [-0.39, 0.29) is 0 Å². The van der Waals surface area contributed by atoms with Gasteiger partial charge in [0.1, 0.15) is 0 Å². The topological polar surface area (TPSA) is 0 Å². The highest BCUT2D eigenvalue weighted by Gasteiger charge is 1.98. The van der Waals surface area contributed by atoms with Gasteiger partial charge < -0.3 is 0 Å². The zero-order valence-electron chi connectivity index (χ0n) is 26.6. The monoisotopic (exact) mass is 520 g/mol. The second-order valence-electron chi connectivity index (χ2n) is 13.0. The summed E-state index contributed by atoms with van der Waals surface area (Å²) in [6, 6.07) is 0. The predicted octanol–water partition coefficient (Wildman–Crippen LogP) is 14.3. The normalized spacial score (nSPS) is 11.7. The third kappa shape index (κ3) is 36.0. The Morgan fingerprint density at radius 1 is 0.270 bits per heavy atom. The van der Waals surface area contributed by atoms with Gasteiger partial charge in [-0.05, 0) is 5.92 Å². The molecule has 0 saturated heterocycles. The van der Waals surface area contributed by atoms with Crippen LogP contribution in [0.1, 0.15) is 226 Å². The molecular formula is C37H75. The fourth-order valence-corrected chi connectivity index (χ4v) is 5.86. The van der Waals surface area contributed by atoms with Gasteiger partial charge >= 0.3 is 0 Å². The van der Waals surface area contributed by atoms with Crippen LogP contribution < -0.4 is 0 Å². The van der Waals surface area contributed by atoms with Crippen molar-refractivity contribution in [3.63, 3.8) is 0 Å². The van der Waals surface area contributed by atoms with E-state index < -0.39 is 0 Å². The van der Waals surface area contributed by atoms with Gasteiger partial charge in [-0.2, -0.15) is 0 Å². The van der Waals surface area contributed by atoms with E-state index in [4.69, 9.17) is 0 Å². The molecule has 0 bridgehead atoms. The summed E-state index contributed by atoms with van der Waals surface area (Å²) in [6.07, 6.45) is 48.3. The lowest BCUT2D eigenvalue weighted by atomic mass is 10.0. The van der Waals surface area contributed by atoms with Crippen molar-refractivity contribution in [2.24, 2.45) is 5.92 Å². The maximum Gasteiger partial charge on any atom is -0.0471 e. The number of rotatable bonds is 33. The molecule has 223 valence electrons. The molecule has 0 fully saturated rings. The fraction of sp³-hybridized carbons (Fsp3) is 0.973. The summed E-state index contributed by atoms with van der Waals surface area (Å²) in [6.45, 7) is 8.63. The van der Waals surface area contributed by atoms with E-state index in [1.165, 1.54) is 205 Å². The van der Waals surface area contributed by atoms with E-state index in [9.17, 15) is 0 Å². The Hall–Kier alpha value is 0. The largest absolute Gasteiger partial charge is 0.0628 e. The fourth-order valence-electron chi connectivity index (χ4n) is 5.86. The lowest BCUT2D eigenvalue weighted by Gasteiger charge is -2.05. The van der Waals surface area contributed by atoms with Crippen LogP contribution in [0.25, 0.3) is 0 Å². The molecule has 0 aromatic rings. The summed E-state index contributed by atoms with van der Waals surface area (Å²) in [5, 5.41) is 0. The van der Waals surface area contributed by atoms with Gasteiger partial charge in [0, 0.05) is 0 Å². The van der Waals surface area contributed by atoms with E-state index in [2.05, 4.69) is 20.8 Å². The summed E-state index contributed by atoms with van der Waals surface area (Å²) < 4.78 is 0. The zero-order valence-corrected chi connectivity index (χ0v) is 26.6. The van der Waals surface area contributed by atoms with Crippen LogP contribution in [-0.4, -0.2) is 0 Å². The van der Waals surface area contributed by atoms with Gasteiger partial charge in [0.15, 0.2) is 0 Å². The van der Waals surface area contributed by atoms with E-state index in [0.717, 1.165) is 12.3 Å². The van der Waals surface area contributed by atoms with Crippen LogP contribution in [0.15, 0.2) is 0 Å². The first kappa shape index (κ1) is 37.0. The Kier molecular flexibility index (Phi) is 34.0. The molecule has 0 aromatic carbocycles. The van der Waals surface area contributed by atoms with Gasteiger partial charge in [-0.3, -0.25) is 0 Å². The van der Waals surface area contributed by atoms with Gasteiger partial charge in [0.2, 0.25) is 0 Å². The van der Waals surface area contributed by atoms with E-state index >= 15 is 0 Å². The maximum absolute atomic E-state index is 3.93. The predicted molar refractivity (Wildman–Crippen MR) is 173 cm³/mol. The van der Waals surface area contributed by atoms with Crippen molar-refractivity contribution >= 4 is 0 Å². The molecule has 0 atom stereocenters. The molecule has 37 heavy (non-hydrogen) atoms. The summed E-state index contributed by atoms with van der Waals surface area (Å²) in [4.78, 5) is 0. The molecule has 0 aromatic heterocycles. The molecule has 0 aliphatic carbocycles. The van der Waals surface area contributed by atoms with Gasteiger partial charge in [0.25, 0.3) is 0 Å². The second kappa shape index (κ2) is 34.0. The van der Waals surface area contributed by atoms with Crippen LogP contribution in [0, 0.1) is 12.8 Å². The minimum Gasteiger partial charge on any atom is -0.0628 e. The molecule has 0 heterocycles. The highest BCUT2D eigenvalue weighted by atomic mass is 14.0. The summed E-state index contributed by atoms with van der Waals surface area (Å²) >= 11 is 0. The molecule has 0 amide bonds. The molecule has 0 N–H and O–H groups in total. The van der Waals surface area contributed by atoms with Crippen molar-refractivity contribution in [3.05, 3.63) is 6.92 Å². The SMILES string of the molecule is [CH2]CCCCCCCCCCCCCCCCCCCCCCCCCCCCCCCCCC(C)C. The Morgan fingerprint density at radius 2 is 0.432 bits per heavy atom. The van der Waals surface area contributed by atoms with Crippen LogP contribution in [0.5, 0.6) is 0 Å². The molecule has 0 unspecified atom stereocenters. The van der Waals surface area contributed by atoms with Crippen molar-refractivity contribution in [2.45, 2.75) is 226 Å². The number of hydrogen-bond donors (Lipinski definition) is 0. The average molecular weight is 520 g/mol. The lowest BCUT2D eigenvalue weighted by Crippen LogP contribution is -1.87. The molecule has 0 saturated carbocycles. The molecule has 0 aliphatic rings. The van der Waals surface area contributed by atoms with E-state index in [0.29, 0.717) is 0 Å². The second-order valence-corrected chi connectivity index (χ2v) is 13.0. The third-order valence-electron chi connectivity index (χ3n) is 8.53. The smallest absolute Gasteiger partial charge is 0.0471 e. The van der Waals surface area contributed by atoms with Crippen LogP contribution in [0.2, 0.25) is 0 Å². The van der Waals surface area contributed by atoms with Crippen LogP contribution in [0.3, 0.4) is 0 Å². The first-order valence-corrected chi connectivity index (χ1v) is 18.1. The standard InChI is InChI=1S/C37H75/c1-4-5-6-7-8-9-10-11-12-13-14-15-16-17-18-19-20-21-22-23-24-25-26-27-28-29-30-31-32-33-34-35-36-37(2)3/h37H,1,4-36H2,2-3H3. The Bertz CT molecular complexity index is 370. The van der Waals surface area contributed by atoms with Gasteiger partial charge in [-0.15, -0.1) is 0 Å². The zero-order chi connectivity index (χ0) is 26.9. The van der Waals surface area contributed by atoms with Crippen LogP contribution >= 0.6 is 0 Å². The van der Waals surface area contributed by atoms with Crippen molar-refractivity contribution in [1.82, 2.24) is 0 Å². The number of hydrogen-bond acceptors (Lipinski definition) is 0. The van der Waals surface area contributed by atoms with Gasteiger partial charge in [-0.1, -0.05) is 233 Å². The molecular weight excluding hydrogens is 444 g/mol. The average Bonchev–Trinajstić information content (AvgIpc) is 2.89.